The van der Waals surface area contributed by atoms with Gasteiger partial charge in [-0.25, -0.2) is 0 Å². The summed E-state index contributed by atoms with van der Waals surface area (Å²) in [7, 11) is 1.76. The second kappa shape index (κ2) is 6.25. The number of hydrogen-bond acceptors (Lipinski definition) is 5. The highest BCUT2D eigenvalue weighted by atomic mass is 32.1. The summed E-state index contributed by atoms with van der Waals surface area (Å²) in [6, 6.07) is 1.91. The quantitative estimate of drug-likeness (QED) is 0.882. The van der Waals surface area contributed by atoms with E-state index in [4.69, 9.17) is 10.5 Å². The van der Waals surface area contributed by atoms with Crippen molar-refractivity contribution in [2.75, 3.05) is 37.4 Å². The molecule has 1 fully saturated rings. The van der Waals surface area contributed by atoms with E-state index in [-0.39, 0.29) is 5.91 Å². The highest BCUT2D eigenvalue weighted by molar-refractivity contribution is 7.18. The molecule has 1 saturated heterocycles. The van der Waals surface area contributed by atoms with Gasteiger partial charge in [-0.3, -0.25) is 4.79 Å². The Kier molecular flexibility index (Phi) is 4.66. The maximum absolute atomic E-state index is 11.8. The van der Waals surface area contributed by atoms with E-state index in [1.54, 1.807) is 7.11 Å². The third-order valence-electron chi connectivity index (χ3n) is 3.38. The molecule has 5 nitrogen and oxygen atoms in total. The number of anilines is 2. The lowest BCUT2D eigenvalue weighted by Crippen LogP contribution is -2.36. The number of hydrogen-bond donors (Lipinski definition) is 2. The Morgan fingerprint density at radius 3 is 2.84 bits per heavy atom. The van der Waals surface area contributed by atoms with Crippen molar-refractivity contribution in [2.45, 2.75) is 25.9 Å². The van der Waals surface area contributed by atoms with Crippen LogP contribution < -0.4 is 16.0 Å². The van der Waals surface area contributed by atoms with E-state index in [1.807, 2.05) is 13.0 Å². The van der Waals surface area contributed by atoms with E-state index < -0.39 is 0 Å². The van der Waals surface area contributed by atoms with Crippen molar-refractivity contribution in [3.8, 4) is 0 Å². The lowest BCUT2D eigenvalue weighted by Gasteiger charge is -2.31. The molecule has 2 heterocycles. The minimum absolute atomic E-state index is 0.0805. The number of methoxy groups -OCH3 is 1. The summed E-state index contributed by atoms with van der Waals surface area (Å²) in [6.07, 6.45) is 2.40. The van der Waals surface area contributed by atoms with Crippen LogP contribution >= 0.6 is 11.3 Å². The summed E-state index contributed by atoms with van der Waals surface area (Å²) in [5.41, 5.74) is 6.50. The summed E-state index contributed by atoms with van der Waals surface area (Å²) < 4.78 is 5.36. The fraction of sp³-hybridized carbons (Fsp3) is 0.615. The molecule has 0 radical (unpaired) electrons. The van der Waals surface area contributed by atoms with Crippen LogP contribution in [0.25, 0.3) is 0 Å². The summed E-state index contributed by atoms with van der Waals surface area (Å²) in [4.78, 5) is 14.7. The van der Waals surface area contributed by atoms with Crippen LogP contribution in [0.3, 0.4) is 0 Å². The van der Waals surface area contributed by atoms with Gasteiger partial charge in [0, 0.05) is 26.7 Å². The molecule has 1 aromatic heterocycles. The average Bonchev–Trinajstić information content (AvgIpc) is 2.81. The van der Waals surface area contributed by atoms with Crippen molar-refractivity contribution in [2.24, 2.45) is 0 Å². The van der Waals surface area contributed by atoms with Crippen LogP contribution in [0.5, 0.6) is 0 Å². The zero-order valence-electron chi connectivity index (χ0n) is 11.4. The van der Waals surface area contributed by atoms with Crippen LogP contribution in [0.15, 0.2) is 6.07 Å². The Labute approximate surface area is 117 Å². The molecule has 0 unspecified atom stereocenters. The molecule has 0 bridgehead atoms. The summed E-state index contributed by atoms with van der Waals surface area (Å²) in [6.45, 7) is 4.42. The van der Waals surface area contributed by atoms with Crippen molar-refractivity contribution in [3.63, 3.8) is 0 Å². The smallest absolute Gasteiger partial charge is 0.263 e. The van der Waals surface area contributed by atoms with E-state index in [9.17, 15) is 4.79 Å². The van der Waals surface area contributed by atoms with Gasteiger partial charge in [-0.1, -0.05) is 0 Å². The highest BCUT2D eigenvalue weighted by Gasteiger charge is 2.22. The van der Waals surface area contributed by atoms with Crippen LogP contribution in [-0.2, 0) is 4.74 Å². The molecule has 0 spiro atoms. The van der Waals surface area contributed by atoms with Crippen LogP contribution in [0.1, 0.15) is 29.4 Å². The molecule has 2 rings (SSSR count). The molecule has 19 heavy (non-hydrogen) atoms. The molecule has 1 aliphatic heterocycles. The molecule has 0 aromatic carbocycles. The number of carbonyl (C=O) groups is 1. The maximum Gasteiger partial charge on any atom is 0.263 e. The zero-order valence-corrected chi connectivity index (χ0v) is 12.3. The molecule has 6 heteroatoms. The number of nitrogen functional groups attached to an aromatic ring is 1. The molecule has 1 aliphatic rings. The van der Waals surface area contributed by atoms with E-state index in [0.29, 0.717) is 23.2 Å². The fourth-order valence-electron chi connectivity index (χ4n) is 2.28. The lowest BCUT2D eigenvalue weighted by atomic mass is 10.1. The third kappa shape index (κ3) is 3.19. The SMILES string of the molecule is CCNC(=O)c1sc(N2CCC(OC)CC2)cc1N. The highest BCUT2D eigenvalue weighted by Crippen LogP contribution is 2.33. The number of amides is 1. The third-order valence-corrected chi connectivity index (χ3v) is 4.59. The van der Waals surface area contributed by atoms with Gasteiger partial charge in [0.1, 0.15) is 4.88 Å². The summed E-state index contributed by atoms with van der Waals surface area (Å²) in [5, 5.41) is 3.87. The largest absolute Gasteiger partial charge is 0.397 e. The number of piperidine rings is 1. The first-order valence-corrected chi connectivity index (χ1v) is 7.42. The molecular weight excluding hydrogens is 262 g/mol. The molecule has 0 aliphatic carbocycles. The minimum Gasteiger partial charge on any atom is -0.397 e. The van der Waals surface area contributed by atoms with E-state index in [1.165, 1.54) is 11.3 Å². The number of ether oxygens (including phenoxy) is 1. The molecule has 1 amide bonds. The zero-order chi connectivity index (χ0) is 13.8. The first-order chi connectivity index (χ1) is 9.15. The normalized spacial score (nSPS) is 16.6. The van der Waals surface area contributed by atoms with Gasteiger partial charge in [0.05, 0.1) is 16.8 Å². The Morgan fingerprint density at radius 1 is 1.58 bits per heavy atom. The Bertz CT molecular complexity index is 439. The molecule has 0 saturated carbocycles. The minimum atomic E-state index is -0.0805. The van der Waals surface area contributed by atoms with Gasteiger partial charge in [-0.2, -0.15) is 0 Å². The Hall–Kier alpha value is -1.27. The predicted molar refractivity (Wildman–Crippen MR) is 79.0 cm³/mol. The van der Waals surface area contributed by atoms with Gasteiger partial charge in [0.2, 0.25) is 0 Å². The van der Waals surface area contributed by atoms with Crippen molar-refractivity contribution < 1.29 is 9.53 Å². The van der Waals surface area contributed by atoms with Crippen LogP contribution in [0.2, 0.25) is 0 Å². The number of nitrogens with two attached hydrogens (primary N) is 1. The van der Waals surface area contributed by atoms with Gasteiger partial charge in [0.15, 0.2) is 0 Å². The standard InChI is InChI=1S/C13H21N3O2S/c1-3-15-13(17)12-10(14)8-11(19-12)16-6-4-9(18-2)5-7-16/h8-9H,3-7,14H2,1-2H3,(H,15,17). The number of rotatable bonds is 4. The predicted octanol–water partition coefficient (Wildman–Crippen LogP) is 1.70. The van der Waals surface area contributed by atoms with Crippen molar-refractivity contribution in [1.29, 1.82) is 0 Å². The molecule has 106 valence electrons. The Balaban J connectivity index is 2.06. The summed E-state index contributed by atoms with van der Waals surface area (Å²) in [5.74, 6) is -0.0805. The average molecular weight is 283 g/mol. The Morgan fingerprint density at radius 2 is 2.26 bits per heavy atom. The van der Waals surface area contributed by atoms with Crippen molar-refractivity contribution >= 4 is 27.9 Å². The first kappa shape index (κ1) is 14.1. The number of nitrogens with zero attached hydrogens (tertiary/aromatic N) is 1. The van der Waals surface area contributed by atoms with Gasteiger partial charge in [-0.05, 0) is 25.8 Å². The van der Waals surface area contributed by atoms with Crippen molar-refractivity contribution in [3.05, 3.63) is 10.9 Å². The molecule has 3 N–H and O–H groups in total. The van der Waals surface area contributed by atoms with Crippen LogP contribution in [0.4, 0.5) is 10.7 Å². The molecular formula is C13H21N3O2S. The van der Waals surface area contributed by atoms with Crippen molar-refractivity contribution in [1.82, 2.24) is 5.32 Å². The van der Waals surface area contributed by atoms with Gasteiger partial charge >= 0.3 is 0 Å². The lowest BCUT2D eigenvalue weighted by molar-refractivity contribution is 0.0820. The number of nitrogens with one attached hydrogen (secondary N) is 1. The second-order valence-electron chi connectivity index (χ2n) is 4.65. The van der Waals surface area contributed by atoms with Gasteiger partial charge in [0.25, 0.3) is 5.91 Å². The van der Waals surface area contributed by atoms with Gasteiger partial charge < -0.3 is 20.7 Å². The maximum atomic E-state index is 11.8. The molecule has 1 aromatic rings. The topological polar surface area (TPSA) is 67.6 Å². The van der Waals surface area contributed by atoms with Gasteiger partial charge in [-0.15, -0.1) is 11.3 Å². The monoisotopic (exact) mass is 283 g/mol. The molecule has 0 atom stereocenters. The van der Waals surface area contributed by atoms with E-state index >= 15 is 0 Å². The first-order valence-electron chi connectivity index (χ1n) is 6.61. The fourth-order valence-corrected chi connectivity index (χ4v) is 3.33. The summed E-state index contributed by atoms with van der Waals surface area (Å²) >= 11 is 1.47. The van der Waals surface area contributed by atoms with E-state index in [0.717, 1.165) is 30.9 Å². The van der Waals surface area contributed by atoms with Crippen LogP contribution in [0, 0.1) is 0 Å². The second-order valence-corrected chi connectivity index (χ2v) is 5.68. The van der Waals surface area contributed by atoms with Crippen LogP contribution in [-0.4, -0.2) is 38.8 Å². The number of thiophene rings is 1. The van der Waals surface area contributed by atoms with E-state index in [2.05, 4.69) is 10.2 Å². The number of carbonyl (C=O) groups excluding carboxylic acids is 1.